The predicted molar refractivity (Wildman–Crippen MR) is 160 cm³/mol. The molecule has 15 heteroatoms. The summed E-state index contributed by atoms with van der Waals surface area (Å²) in [4.78, 5) is 34.0. The average Bonchev–Trinajstić information content (AvgIpc) is 3.17. The Labute approximate surface area is 248 Å². The first-order valence-electron chi connectivity index (χ1n) is 13.5. The van der Waals surface area contributed by atoms with Crippen LogP contribution in [0.2, 0.25) is 0 Å². The third-order valence-electron chi connectivity index (χ3n) is 6.53. The lowest BCUT2D eigenvalue weighted by Crippen LogP contribution is -2.48. The standard InChI is InChI=1S/C27H45N7O7S/c1-15-16(2)21(17(3)18-14-27(7,8)40-20(15)18)42(37,38)33-24(29)32-23(28)30-13-11-12-19(22(35)34(9)39-10)31-25(36)41-26(4,5)6/h19H,11-14H2,1-10H3,(H,31,36)(H5,28,29,30,32,33)/t19-/m0/s1. The van der Waals surface area contributed by atoms with Gasteiger partial charge in [0.25, 0.3) is 15.9 Å². The van der Waals surface area contributed by atoms with Crippen LogP contribution in [0.1, 0.15) is 69.7 Å². The number of hydrogen-bond acceptors (Lipinski definition) is 8. The molecule has 0 radical (unpaired) electrons. The molecule has 236 valence electrons. The van der Waals surface area contributed by atoms with Crippen molar-refractivity contribution in [3.8, 4) is 5.75 Å². The van der Waals surface area contributed by atoms with Crippen molar-refractivity contribution in [2.45, 2.75) is 96.8 Å². The second kappa shape index (κ2) is 13.2. The summed E-state index contributed by atoms with van der Waals surface area (Å²) in [6, 6.07) is -0.941. The lowest BCUT2D eigenvalue weighted by atomic mass is 9.94. The van der Waals surface area contributed by atoms with Crippen molar-refractivity contribution in [1.29, 1.82) is 0 Å². The Morgan fingerprint density at radius 3 is 2.31 bits per heavy atom. The number of amides is 2. The summed E-state index contributed by atoms with van der Waals surface area (Å²) in [5, 5.41) is 6.03. The Balaban J connectivity index is 2.11. The quantitative estimate of drug-likeness (QED) is 0.138. The van der Waals surface area contributed by atoms with Crippen LogP contribution < -0.4 is 26.8 Å². The van der Waals surface area contributed by atoms with Gasteiger partial charge in [-0.1, -0.05) is 0 Å². The van der Waals surface area contributed by atoms with E-state index in [1.54, 1.807) is 34.6 Å². The summed E-state index contributed by atoms with van der Waals surface area (Å²) in [5.74, 6) is -0.398. The number of ether oxygens (including phenoxy) is 2. The highest BCUT2D eigenvalue weighted by atomic mass is 32.2. The Morgan fingerprint density at radius 1 is 1.12 bits per heavy atom. The van der Waals surface area contributed by atoms with Crippen molar-refractivity contribution in [3.63, 3.8) is 0 Å². The van der Waals surface area contributed by atoms with Crippen LogP contribution in [-0.4, -0.2) is 75.3 Å². The number of rotatable bonds is 9. The highest BCUT2D eigenvalue weighted by molar-refractivity contribution is 7.90. The minimum absolute atomic E-state index is 0.0783. The van der Waals surface area contributed by atoms with E-state index in [1.807, 2.05) is 20.8 Å². The molecule has 2 rings (SSSR count). The fourth-order valence-electron chi connectivity index (χ4n) is 4.51. The minimum Gasteiger partial charge on any atom is -0.487 e. The minimum atomic E-state index is -4.20. The first-order chi connectivity index (χ1) is 19.2. The number of likely N-dealkylation sites (N-methyl/N-ethyl adjacent to an activating group) is 1. The van der Waals surface area contributed by atoms with Gasteiger partial charge in [0.1, 0.15) is 23.0 Å². The zero-order valence-corrected chi connectivity index (χ0v) is 27.0. The number of hydroxylamine groups is 2. The number of sulfonamides is 1. The van der Waals surface area contributed by atoms with E-state index in [1.165, 1.54) is 14.2 Å². The maximum atomic E-state index is 13.3. The van der Waals surface area contributed by atoms with Crippen LogP contribution in [0.15, 0.2) is 14.3 Å². The van der Waals surface area contributed by atoms with Crippen LogP contribution in [0.3, 0.4) is 0 Å². The van der Waals surface area contributed by atoms with Gasteiger partial charge in [-0.25, -0.2) is 9.86 Å². The summed E-state index contributed by atoms with van der Waals surface area (Å²) in [7, 11) is -1.45. The fourth-order valence-corrected chi connectivity index (χ4v) is 5.96. The molecule has 1 aromatic carbocycles. The maximum absolute atomic E-state index is 13.3. The SMILES string of the molecule is CON(C)C(=O)[C@H](CCCN=C(N)N/C(N)=N/S(=O)(=O)c1c(C)c(C)c2c(c1C)CC(C)(C)O2)NC(=O)OC(C)(C)C. The van der Waals surface area contributed by atoms with E-state index in [9.17, 15) is 18.0 Å². The third-order valence-corrected chi connectivity index (χ3v) is 8.10. The van der Waals surface area contributed by atoms with Crippen molar-refractivity contribution < 1.29 is 32.3 Å². The normalized spacial score (nSPS) is 15.9. The number of nitrogens with one attached hydrogen (secondary N) is 2. The topological polar surface area (TPSA) is 200 Å². The molecule has 1 heterocycles. The van der Waals surface area contributed by atoms with Crippen LogP contribution in [0.25, 0.3) is 0 Å². The van der Waals surface area contributed by atoms with Gasteiger partial charge in [-0.05, 0) is 84.9 Å². The number of aliphatic imine (C=N–C) groups is 1. The zero-order valence-electron chi connectivity index (χ0n) is 26.2. The molecule has 42 heavy (non-hydrogen) atoms. The average molecular weight is 612 g/mol. The molecule has 14 nitrogen and oxygen atoms in total. The van der Waals surface area contributed by atoms with Crippen LogP contribution in [0.4, 0.5) is 4.79 Å². The van der Waals surface area contributed by atoms with Crippen LogP contribution in [0, 0.1) is 20.8 Å². The lowest BCUT2D eigenvalue weighted by molar-refractivity contribution is -0.171. The summed E-state index contributed by atoms with van der Waals surface area (Å²) < 4.78 is 41.7. The zero-order chi connectivity index (χ0) is 32.2. The first-order valence-corrected chi connectivity index (χ1v) is 14.9. The Morgan fingerprint density at radius 2 is 1.74 bits per heavy atom. The smallest absolute Gasteiger partial charge is 0.408 e. The Bertz CT molecular complexity index is 1370. The number of nitrogens with zero attached hydrogens (tertiary/aromatic N) is 3. The number of guanidine groups is 2. The number of benzene rings is 1. The summed E-state index contributed by atoms with van der Waals surface area (Å²) >= 11 is 0. The predicted octanol–water partition coefficient (Wildman–Crippen LogP) is 1.93. The van der Waals surface area contributed by atoms with Gasteiger partial charge in [0.15, 0.2) is 5.96 Å². The van der Waals surface area contributed by atoms with Crippen LogP contribution >= 0.6 is 0 Å². The van der Waals surface area contributed by atoms with Crippen molar-refractivity contribution in [2.75, 3.05) is 20.7 Å². The molecular weight excluding hydrogens is 566 g/mol. The number of alkyl carbamates (subject to hydrolysis) is 1. The van der Waals surface area contributed by atoms with E-state index < -0.39 is 45.2 Å². The molecule has 1 atom stereocenters. The molecule has 2 amide bonds. The molecule has 0 spiro atoms. The van der Waals surface area contributed by atoms with Gasteiger partial charge in [0.2, 0.25) is 5.96 Å². The third kappa shape index (κ3) is 8.95. The summed E-state index contributed by atoms with van der Waals surface area (Å²) in [6.07, 6.45) is 0.334. The van der Waals surface area contributed by atoms with Gasteiger partial charge in [-0.15, -0.1) is 4.40 Å². The molecule has 0 aliphatic carbocycles. The lowest BCUT2D eigenvalue weighted by Gasteiger charge is -2.25. The maximum Gasteiger partial charge on any atom is 0.408 e. The first kappa shape index (κ1) is 34.6. The van der Waals surface area contributed by atoms with Gasteiger partial charge in [0.05, 0.1) is 12.0 Å². The molecule has 1 aromatic rings. The fraction of sp³-hybridized carbons (Fsp3) is 0.630. The van der Waals surface area contributed by atoms with Gasteiger partial charge in [0, 0.05) is 25.6 Å². The van der Waals surface area contributed by atoms with Gasteiger partial charge in [-0.2, -0.15) is 8.42 Å². The molecule has 0 unspecified atom stereocenters. The van der Waals surface area contributed by atoms with Gasteiger partial charge in [-0.3, -0.25) is 19.9 Å². The van der Waals surface area contributed by atoms with E-state index in [4.69, 9.17) is 25.8 Å². The van der Waals surface area contributed by atoms with E-state index in [-0.39, 0.29) is 23.8 Å². The molecule has 0 saturated carbocycles. The second-order valence-electron chi connectivity index (χ2n) is 11.8. The van der Waals surface area contributed by atoms with Crippen LogP contribution in [0.5, 0.6) is 5.75 Å². The highest BCUT2D eigenvalue weighted by Crippen LogP contribution is 2.44. The van der Waals surface area contributed by atoms with E-state index in [2.05, 4.69) is 20.0 Å². The van der Waals surface area contributed by atoms with Crippen molar-refractivity contribution in [2.24, 2.45) is 20.9 Å². The highest BCUT2D eigenvalue weighted by Gasteiger charge is 2.36. The number of nitrogens with two attached hydrogens (primary N) is 2. The van der Waals surface area contributed by atoms with Gasteiger partial charge < -0.3 is 26.3 Å². The largest absolute Gasteiger partial charge is 0.487 e. The summed E-state index contributed by atoms with van der Waals surface area (Å²) in [5.41, 5.74) is 13.3. The molecule has 1 aliphatic rings. The Hall–Kier alpha value is -3.59. The second-order valence-corrected chi connectivity index (χ2v) is 13.3. The number of carbonyl (C=O) groups is 2. The monoisotopic (exact) mass is 611 g/mol. The van der Waals surface area contributed by atoms with Crippen molar-refractivity contribution in [3.05, 3.63) is 22.3 Å². The van der Waals surface area contributed by atoms with Crippen LogP contribution in [-0.2, 0) is 30.8 Å². The van der Waals surface area contributed by atoms with E-state index in [0.29, 0.717) is 29.7 Å². The molecule has 0 fully saturated rings. The molecule has 0 saturated heterocycles. The molecule has 1 aliphatic heterocycles. The number of hydrogen-bond donors (Lipinski definition) is 4. The molecular formula is C27H45N7O7S. The van der Waals surface area contributed by atoms with Crippen molar-refractivity contribution >= 4 is 33.9 Å². The van der Waals surface area contributed by atoms with Gasteiger partial charge >= 0.3 is 6.09 Å². The molecule has 0 aromatic heterocycles. The van der Waals surface area contributed by atoms with E-state index >= 15 is 0 Å². The number of carbonyl (C=O) groups excluding carboxylic acids is 2. The Kier molecular flexibility index (Phi) is 10.8. The summed E-state index contributed by atoms with van der Waals surface area (Å²) in [6.45, 7) is 14.4. The molecule has 6 N–H and O–H groups in total. The van der Waals surface area contributed by atoms with Crippen molar-refractivity contribution in [1.82, 2.24) is 15.7 Å². The molecule has 0 bridgehead atoms. The van der Waals surface area contributed by atoms with E-state index in [0.717, 1.165) is 16.2 Å². The number of fused-ring (bicyclic) bond motifs is 1.